The number of hydrogen-bond donors (Lipinski definition) is 0. The maximum Gasteiger partial charge on any atom is 0.311 e. The summed E-state index contributed by atoms with van der Waals surface area (Å²) < 4.78 is 10.3. The predicted molar refractivity (Wildman–Crippen MR) is 287 cm³/mol. The Hall–Kier alpha value is -3.92. The van der Waals surface area contributed by atoms with Crippen LogP contribution < -0.4 is 48.8 Å². The van der Waals surface area contributed by atoms with Gasteiger partial charge in [0, 0.05) is 5.33 Å². The van der Waals surface area contributed by atoms with Crippen LogP contribution in [0.2, 0.25) is 0 Å². The molecule has 0 saturated heterocycles. The molecule has 0 radical (unpaired) electrons. The highest BCUT2D eigenvalue weighted by atomic mass is 79.9. The molecule has 66 heavy (non-hydrogen) atoms. The summed E-state index contributed by atoms with van der Waals surface area (Å²) in [5.41, 5.74) is -0.733. The lowest BCUT2D eigenvalue weighted by Gasteiger charge is -2.28. The number of alkyl halides is 1. The molecule has 0 N–H and O–H groups in total. The molecule has 6 aromatic rings. The van der Waals surface area contributed by atoms with E-state index in [9.17, 15) is 9.59 Å². The van der Waals surface area contributed by atoms with Crippen LogP contribution in [-0.2, 0) is 19.1 Å². The van der Waals surface area contributed by atoms with Gasteiger partial charge in [-0.15, -0.1) is 0 Å². The monoisotopic (exact) mass is 1050 g/mol. The van der Waals surface area contributed by atoms with Crippen molar-refractivity contribution in [3.63, 3.8) is 0 Å². The number of unbranched alkanes of at least 4 members (excludes halogenated alkanes) is 4. The number of ether oxygens (including phenoxy) is 2. The fourth-order valence-electron chi connectivity index (χ4n) is 7.85. The molecule has 0 aliphatic rings. The topological polar surface area (TPSA) is 52.6 Å². The summed E-state index contributed by atoms with van der Waals surface area (Å²) in [4.78, 5) is 23.7. The van der Waals surface area contributed by atoms with Crippen LogP contribution in [0.5, 0.6) is 0 Å². The Morgan fingerprint density at radius 2 is 0.742 bits per heavy atom. The molecular formula is C58H72Br2O4P2. The van der Waals surface area contributed by atoms with E-state index in [4.69, 9.17) is 9.47 Å². The summed E-state index contributed by atoms with van der Waals surface area (Å²) in [6, 6.07) is 65.4. The Balaban J connectivity index is 0.000000288. The lowest BCUT2D eigenvalue weighted by atomic mass is 9.87. The zero-order valence-corrected chi connectivity index (χ0v) is 45.0. The molecule has 0 spiro atoms. The highest BCUT2D eigenvalue weighted by Crippen LogP contribution is 2.56. The molecule has 0 amide bonds. The van der Waals surface area contributed by atoms with Crippen LogP contribution in [0.3, 0.4) is 0 Å². The molecular weight excluding hydrogens is 982 g/mol. The van der Waals surface area contributed by atoms with Crippen LogP contribution >= 0.6 is 31.1 Å². The molecule has 0 heterocycles. The molecule has 0 aliphatic carbocycles. The standard InChI is InChI=1S/C29H36O2P.C18H15P.C11H21BrO2.BrH/c1-4-31-28(30)29(2,3)23-15-8-16-24-32(25-17-9-5-10-18-25,26-19-11-6-12-20-26)27-21-13-7-14-22-27;1-4-10-16(11-5-1)19(17-12-6-2-7-13-17)18-14-8-3-9-15-18;1-4-14-10(13)11(2,3)8-6-5-7-9-12;/h5-7,9-14,17-22H,4,8,15-16,23-24H2,1-3H3;1-15H;4-9H2,1-3H3;1H/q+1;;;/p-1. The van der Waals surface area contributed by atoms with Gasteiger partial charge >= 0.3 is 11.9 Å². The second kappa shape index (κ2) is 30.5. The maximum absolute atomic E-state index is 12.2. The molecule has 352 valence electrons. The Morgan fingerprint density at radius 3 is 1.03 bits per heavy atom. The largest absolute Gasteiger partial charge is 1.00 e. The third-order valence-electron chi connectivity index (χ3n) is 11.5. The van der Waals surface area contributed by atoms with Crippen LogP contribution in [0, 0.1) is 10.8 Å². The molecule has 6 rings (SSSR count). The Kier molecular flexibility index (Phi) is 26.0. The van der Waals surface area contributed by atoms with Crippen molar-refractivity contribution < 1.29 is 36.0 Å². The Bertz CT molecular complexity index is 2000. The highest BCUT2D eigenvalue weighted by molar-refractivity contribution is 9.09. The summed E-state index contributed by atoms with van der Waals surface area (Å²) >= 11 is 3.39. The summed E-state index contributed by atoms with van der Waals surface area (Å²) in [6.45, 7) is 12.6. The second-order valence-corrected chi connectivity index (χ2v) is 24.0. The molecule has 0 aromatic heterocycles. The third kappa shape index (κ3) is 17.6. The van der Waals surface area contributed by atoms with Gasteiger partial charge in [0.05, 0.1) is 30.2 Å². The number of benzene rings is 6. The van der Waals surface area contributed by atoms with Crippen molar-refractivity contribution in [1.82, 2.24) is 0 Å². The fraction of sp³-hybridized carbons (Fsp3) is 0.345. The van der Waals surface area contributed by atoms with Crippen LogP contribution in [0.4, 0.5) is 0 Å². The minimum Gasteiger partial charge on any atom is -1.00 e. The molecule has 0 aliphatic heterocycles. The van der Waals surface area contributed by atoms with Crippen LogP contribution in [0.15, 0.2) is 182 Å². The predicted octanol–water partition coefficient (Wildman–Crippen LogP) is 10.1. The number of carbonyl (C=O) groups excluding carboxylic acids is 2. The fourth-order valence-corrected chi connectivity index (χ4v) is 15.0. The van der Waals surface area contributed by atoms with Gasteiger partial charge in [-0.1, -0.05) is 181 Å². The van der Waals surface area contributed by atoms with E-state index in [0.717, 1.165) is 50.0 Å². The highest BCUT2D eigenvalue weighted by Gasteiger charge is 2.44. The Morgan fingerprint density at radius 1 is 0.455 bits per heavy atom. The molecule has 6 aromatic carbocycles. The van der Waals surface area contributed by atoms with E-state index in [0.29, 0.717) is 13.2 Å². The average Bonchev–Trinajstić information content (AvgIpc) is 3.34. The molecule has 4 nitrogen and oxygen atoms in total. The van der Waals surface area contributed by atoms with Gasteiger partial charge < -0.3 is 26.5 Å². The quantitative estimate of drug-likeness (QED) is 0.0312. The Labute approximate surface area is 418 Å². The summed E-state index contributed by atoms with van der Waals surface area (Å²) in [7, 11) is -2.20. The smallest absolute Gasteiger partial charge is 0.311 e. The molecule has 0 unspecified atom stereocenters. The SMILES string of the molecule is CCOC(=O)C(C)(C)CCCCCBr.CCOC(=O)C(C)(C)CCCCC[P+](c1ccccc1)(c1ccccc1)c1ccccc1.[Br-].c1ccc(P(c2ccccc2)c2ccccc2)cc1. The van der Waals surface area contributed by atoms with Crippen molar-refractivity contribution >= 4 is 74.9 Å². The minimum atomic E-state index is -1.76. The van der Waals surface area contributed by atoms with E-state index < -0.39 is 20.6 Å². The number of carbonyl (C=O) groups is 2. The van der Waals surface area contributed by atoms with E-state index in [-0.39, 0.29) is 34.3 Å². The summed E-state index contributed by atoms with van der Waals surface area (Å²) in [5, 5.41) is 9.55. The number of hydrogen-bond acceptors (Lipinski definition) is 4. The van der Waals surface area contributed by atoms with Crippen molar-refractivity contribution in [1.29, 1.82) is 0 Å². The van der Waals surface area contributed by atoms with E-state index in [1.54, 1.807) is 0 Å². The van der Waals surface area contributed by atoms with Gasteiger partial charge in [-0.3, -0.25) is 9.59 Å². The van der Waals surface area contributed by atoms with Crippen LogP contribution in [-0.4, -0.2) is 36.6 Å². The van der Waals surface area contributed by atoms with Gasteiger partial charge in [0.15, 0.2) is 0 Å². The van der Waals surface area contributed by atoms with Crippen molar-refractivity contribution in [3.8, 4) is 0 Å². The van der Waals surface area contributed by atoms with Gasteiger partial charge in [-0.05, 0) is 134 Å². The zero-order chi connectivity index (χ0) is 46.8. The van der Waals surface area contributed by atoms with E-state index in [1.807, 2.05) is 41.5 Å². The molecule has 8 heteroatoms. The van der Waals surface area contributed by atoms with Crippen LogP contribution in [0.25, 0.3) is 0 Å². The molecule has 0 atom stereocenters. The first-order valence-corrected chi connectivity index (χ1v) is 27.8. The van der Waals surface area contributed by atoms with Crippen molar-refractivity contribution in [2.45, 2.75) is 92.9 Å². The first-order chi connectivity index (χ1) is 31.5. The van der Waals surface area contributed by atoms with Crippen molar-refractivity contribution in [2.24, 2.45) is 10.8 Å². The zero-order valence-electron chi connectivity index (χ0n) is 40.1. The lowest BCUT2D eigenvalue weighted by Crippen LogP contribution is -3.00. The first-order valence-electron chi connectivity index (χ1n) is 23.4. The summed E-state index contributed by atoms with van der Waals surface area (Å²) in [5.74, 6) is -0.154. The van der Waals surface area contributed by atoms with Gasteiger partial charge in [-0.25, -0.2) is 0 Å². The van der Waals surface area contributed by atoms with Gasteiger partial charge in [0.25, 0.3) is 0 Å². The third-order valence-corrected chi connectivity index (χ3v) is 19.1. The van der Waals surface area contributed by atoms with Gasteiger partial charge in [-0.2, -0.15) is 0 Å². The summed E-state index contributed by atoms with van der Waals surface area (Å²) in [6.07, 6.45) is 9.63. The molecule has 0 saturated carbocycles. The number of rotatable bonds is 21. The van der Waals surface area contributed by atoms with Crippen molar-refractivity contribution in [3.05, 3.63) is 182 Å². The van der Waals surface area contributed by atoms with Crippen LogP contribution in [0.1, 0.15) is 92.9 Å². The van der Waals surface area contributed by atoms with Gasteiger partial charge in [0.1, 0.15) is 23.2 Å². The maximum atomic E-state index is 12.2. The number of esters is 2. The van der Waals surface area contributed by atoms with Crippen molar-refractivity contribution in [2.75, 3.05) is 24.7 Å². The second-order valence-electron chi connectivity index (χ2n) is 17.4. The number of halogens is 2. The van der Waals surface area contributed by atoms with E-state index in [1.165, 1.54) is 44.7 Å². The van der Waals surface area contributed by atoms with E-state index >= 15 is 0 Å². The average molecular weight is 1050 g/mol. The normalized spacial score (nSPS) is 11.2. The molecule has 0 fully saturated rings. The van der Waals surface area contributed by atoms with Gasteiger partial charge in [0.2, 0.25) is 0 Å². The van der Waals surface area contributed by atoms with E-state index in [2.05, 4.69) is 198 Å². The minimum absolute atomic E-state index is 0. The molecule has 0 bridgehead atoms. The first kappa shape index (κ1) is 56.4. The lowest BCUT2D eigenvalue weighted by molar-refractivity contribution is -0.154.